The van der Waals surface area contributed by atoms with Crippen LogP contribution in [0, 0.1) is 0 Å². The van der Waals surface area contributed by atoms with Crippen LogP contribution in [0.15, 0.2) is 18.2 Å². The topological polar surface area (TPSA) is 58.6 Å². The normalized spacial score (nSPS) is 13.6. The smallest absolute Gasteiger partial charge is 0.252 e. The summed E-state index contributed by atoms with van der Waals surface area (Å²) in [6.07, 6.45) is 4.31. The number of hydrogen-bond donors (Lipinski definition) is 1. The Hall–Kier alpha value is -1.88. The standard InChI is InChI=1S/C17H24N2O3/c1-3-4-7-16(20)18-14-9-8-13-6-5-10-19(15(13)11-14)17(21)12-22-2/h8-9,11H,3-7,10,12H2,1-2H3,(H,18,20). The number of carbonyl (C=O) groups is 2. The molecule has 0 saturated heterocycles. The molecule has 5 heteroatoms. The molecule has 1 N–H and O–H groups in total. The van der Waals surface area contributed by atoms with Crippen LogP contribution >= 0.6 is 0 Å². The Bertz CT molecular complexity index is 543. The van der Waals surface area contributed by atoms with Crippen molar-refractivity contribution in [1.82, 2.24) is 0 Å². The van der Waals surface area contributed by atoms with E-state index in [2.05, 4.69) is 12.2 Å². The average molecular weight is 304 g/mol. The fraction of sp³-hybridized carbons (Fsp3) is 0.529. The SMILES string of the molecule is CCCCC(=O)Nc1ccc2c(c1)N(C(=O)COC)CCC2. The van der Waals surface area contributed by atoms with Crippen LogP contribution in [0.1, 0.15) is 38.2 Å². The van der Waals surface area contributed by atoms with Crippen molar-refractivity contribution in [3.63, 3.8) is 0 Å². The molecule has 0 aliphatic carbocycles. The number of nitrogens with zero attached hydrogens (tertiary/aromatic N) is 1. The second-order valence-corrected chi connectivity index (χ2v) is 5.58. The highest BCUT2D eigenvalue weighted by Gasteiger charge is 2.22. The summed E-state index contributed by atoms with van der Waals surface area (Å²) >= 11 is 0. The van der Waals surface area contributed by atoms with E-state index in [4.69, 9.17) is 4.74 Å². The van der Waals surface area contributed by atoms with Gasteiger partial charge in [-0.25, -0.2) is 0 Å². The number of benzene rings is 1. The largest absolute Gasteiger partial charge is 0.375 e. The van der Waals surface area contributed by atoms with Gasteiger partial charge in [0.15, 0.2) is 0 Å². The summed E-state index contributed by atoms with van der Waals surface area (Å²) in [7, 11) is 1.52. The van der Waals surface area contributed by atoms with Crippen molar-refractivity contribution in [2.24, 2.45) is 0 Å². The Morgan fingerprint density at radius 1 is 1.36 bits per heavy atom. The first-order chi connectivity index (χ1) is 10.7. The molecule has 0 fully saturated rings. The van der Waals surface area contributed by atoms with E-state index in [1.165, 1.54) is 7.11 Å². The first kappa shape index (κ1) is 16.5. The van der Waals surface area contributed by atoms with Crippen LogP contribution in [0.3, 0.4) is 0 Å². The van der Waals surface area contributed by atoms with Crippen molar-refractivity contribution in [2.45, 2.75) is 39.0 Å². The number of amides is 2. The lowest BCUT2D eigenvalue weighted by atomic mass is 10.0. The monoisotopic (exact) mass is 304 g/mol. The fourth-order valence-corrected chi connectivity index (χ4v) is 2.67. The summed E-state index contributed by atoms with van der Waals surface area (Å²) in [5.41, 5.74) is 2.78. The Labute approximate surface area is 131 Å². The minimum Gasteiger partial charge on any atom is -0.375 e. The highest BCUT2D eigenvalue weighted by Crippen LogP contribution is 2.30. The molecular weight excluding hydrogens is 280 g/mol. The molecule has 22 heavy (non-hydrogen) atoms. The number of ether oxygens (including phenoxy) is 1. The predicted octanol–water partition coefficient (Wildman–Crippen LogP) is 2.74. The third-order valence-electron chi connectivity index (χ3n) is 3.81. The molecule has 2 rings (SSSR count). The highest BCUT2D eigenvalue weighted by molar-refractivity contribution is 5.97. The Morgan fingerprint density at radius 3 is 2.91 bits per heavy atom. The predicted molar refractivity (Wildman–Crippen MR) is 87.1 cm³/mol. The lowest BCUT2D eigenvalue weighted by molar-refractivity contribution is -0.122. The maximum atomic E-state index is 12.1. The van der Waals surface area contributed by atoms with Crippen molar-refractivity contribution >= 4 is 23.2 Å². The van der Waals surface area contributed by atoms with E-state index in [0.717, 1.165) is 42.6 Å². The molecule has 2 amide bonds. The van der Waals surface area contributed by atoms with Gasteiger partial charge in [-0.2, -0.15) is 0 Å². The number of rotatable bonds is 6. The lowest BCUT2D eigenvalue weighted by Gasteiger charge is -2.29. The first-order valence-electron chi connectivity index (χ1n) is 7.87. The van der Waals surface area contributed by atoms with Gasteiger partial charge < -0.3 is 15.0 Å². The van der Waals surface area contributed by atoms with E-state index >= 15 is 0 Å². The molecule has 0 saturated carbocycles. The zero-order valence-electron chi connectivity index (χ0n) is 13.4. The fourth-order valence-electron chi connectivity index (χ4n) is 2.67. The van der Waals surface area contributed by atoms with E-state index in [9.17, 15) is 9.59 Å². The van der Waals surface area contributed by atoms with Gasteiger partial charge in [0.05, 0.1) is 0 Å². The van der Waals surface area contributed by atoms with Crippen molar-refractivity contribution in [3.05, 3.63) is 23.8 Å². The van der Waals surface area contributed by atoms with E-state index in [1.54, 1.807) is 4.90 Å². The van der Waals surface area contributed by atoms with Crippen LogP contribution in [0.5, 0.6) is 0 Å². The van der Waals surface area contributed by atoms with Gasteiger partial charge in [0.1, 0.15) is 6.61 Å². The number of methoxy groups -OCH3 is 1. The summed E-state index contributed by atoms with van der Waals surface area (Å²) in [5.74, 6) is -0.0229. The summed E-state index contributed by atoms with van der Waals surface area (Å²) in [4.78, 5) is 25.7. The zero-order chi connectivity index (χ0) is 15.9. The van der Waals surface area contributed by atoms with Gasteiger partial charge in [0.2, 0.25) is 5.91 Å². The van der Waals surface area contributed by atoms with E-state index < -0.39 is 0 Å². The van der Waals surface area contributed by atoms with Gasteiger partial charge in [-0.3, -0.25) is 9.59 Å². The molecule has 1 aliphatic rings. The maximum Gasteiger partial charge on any atom is 0.252 e. The molecule has 1 aliphatic heterocycles. The number of aryl methyl sites for hydroxylation is 1. The summed E-state index contributed by atoms with van der Waals surface area (Å²) in [5, 5.41) is 2.91. The van der Waals surface area contributed by atoms with Crippen molar-refractivity contribution < 1.29 is 14.3 Å². The molecule has 5 nitrogen and oxygen atoms in total. The van der Waals surface area contributed by atoms with Gasteiger partial charge in [-0.15, -0.1) is 0 Å². The highest BCUT2D eigenvalue weighted by atomic mass is 16.5. The van der Waals surface area contributed by atoms with Crippen LogP contribution in [0.2, 0.25) is 0 Å². The van der Waals surface area contributed by atoms with Crippen molar-refractivity contribution in [2.75, 3.05) is 30.5 Å². The van der Waals surface area contributed by atoms with Crippen LogP contribution in [-0.2, 0) is 20.7 Å². The molecule has 0 unspecified atom stereocenters. The first-order valence-corrected chi connectivity index (χ1v) is 7.87. The van der Waals surface area contributed by atoms with Gasteiger partial charge in [-0.1, -0.05) is 19.4 Å². The molecule has 1 heterocycles. The number of carbonyl (C=O) groups excluding carboxylic acids is 2. The summed E-state index contributed by atoms with van der Waals surface area (Å²) in [6.45, 7) is 2.83. The molecule has 1 aromatic carbocycles. The lowest BCUT2D eigenvalue weighted by Crippen LogP contribution is -2.37. The molecule has 0 bridgehead atoms. The van der Waals surface area contributed by atoms with E-state index in [-0.39, 0.29) is 18.4 Å². The van der Waals surface area contributed by atoms with Crippen LogP contribution in [0.4, 0.5) is 11.4 Å². The average Bonchev–Trinajstić information content (AvgIpc) is 2.52. The second-order valence-electron chi connectivity index (χ2n) is 5.58. The minimum absolute atomic E-state index is 0.0207. The second kappa shape index (κ2) is 7.94. The van der Waals surface area contributed by atoms with Gasteiger partial charge >= 0.3 is 0 Å². The van der Waals surface area contributed by atoms with Crippen molar-refractivity contribution in [1.29, 1.82) is 0 Å². The number of nitrogens with one attached hydrogen (secondary N) is 1. The van der Waals surface area contributed by atoms with Crippen LogP contribution < -0.4 is 10.2 Å². The Morgan fingerprint density at radius 2 is 2.18 bits per heavy atom. The molecule has 120 valence electrons. The van der Waals surface area contributed by atoms with Crippen LogP contribution in [-0.4, -0.2) is 32.1 Å². The summed E-state index contributed by atoms with van der Waals surface area (Å²) in [6, 6.07) is 5.80. The van der Waals surface area contributed by atoms with Crippen LogP contribution in [0.25, 0.3) is 0 Å². The summed E-state index contributed by atoms with van der Waals surface area (Å²) < 4.78 is 4.95. The minimum atomic E-state index is -0.0436. The molecule has 0 spiro atoms. The molecule has 0 atom stereocenters. The number of anilines is 2. The zero-order valence-corrected chi connectivity index (χ0v) is 13.4. The number of unbranched alkanes of at least 4 members (excludes halogenated alkanes) is 1. The number of hydrogen-bond acceptors (Lipinski definition) is 3. The Kier molecular flexibility index (Phi) is 5.95. The molecule has 1 aromatic rings. The van der Waals surface area contributed by atoms with E-state index in [0.29, 0.717) is 13.0 Å². The molecule has 0 radical (unpaired) electrons. The van der Waals surface area contributed by atoms with E-state index in [1.807, 2.05) is 18.2 Å². The molecular formula is C17H24N2O3. The van der Waals surface area contributed by atoms with Gasteiger partial charge in [0.25, 0.3) is 5.91 Å². The number of fused-ring (bicyclic) bond motifs is 1. The van der Waals surface area contributed by atoms with Gasteiger partial charge in [-0.05, 0) is 37.0 Å². The van der Waals surface area contributed by atoms with Crippen molar-refractivity contribution in [3.8, 4) is 0 Å². The maximum absolute atomic E-state index is 12.1. The third kappa shape index (κ3) is 4.07. The van der Waals surface area contributed by atoms with Gasteiger partial charge in [0, 0.05) is 31.5 Å². The quantitative estimate of drug-likeness (QED) is 0.879. The third-order valence-corrected chi connectivity index (χ3v) is 3.81. The Balaban J connectivity index is 2.15. The molecule has 0 aromatic heterocycles.